The highest BCUT2D eigenvalue weighted by atomic mass is 15.2. The zero-order chi connectivity index (χ0) is 12.5. The fourth-order valence-electron chi connectivity index (χ4n) is 3.56. The molecule has 18 heavy (non-hydrogen) atoms. The topological polar surface area (TPSA) is 15.3 Å². The van der Waals surface area contributed by atoms with Gasteiger partial charge >= 0.3 is 0 Å². The van der Waals surface area contributed by atoms with E-state index in [2.05, 4.69) is 48.3 Å². The molecular formula is C16H24N2. The van der Waals surface area contributed by atoms with Crippen LogP contribution in [-0.2, 0) is 0 Å². The third-order valence-electron chi connectivity index (χ3n) is 4.81. The van der Waals surface area contributed by atoms with Gasteiger partial charge in [-0.2, -0.15) is 0 Å². The third kappa shape index (κ3) is 2.32. The first-order valence-corrected chi connectivity index (χ1v) is 7.25. The average molecular weight is 244 g/mol. The van der Waals surface area contributed by atoms with Gasteiger partial charge in [-0.1, -0.05) is 29.8 Å². The van der Waals surface area contributed by atoms with Gasteiger partial charge in [-0.3, -0.25) is 4.90 Å². The minimum Gasteiger partial charge on any atom is -0.316 e. The summed E-state index contributed by atoms with van der Waals surface area (Å²) in [5, 5.41) is 3.55. The van der Waals surface area contributed by atoms with Crippen molar-refractivity contribution in [1.82, 2.24) is 10.2 Å². The van der Waals surface area contributed by atoms with Crippen molar-refractivity contribution in [2.24, 2.45) is 11.8 Å². The summed E-state index contributed by atoms with van der Waals surface area (Å²) in [5.74, 6) is 1.82. The number of nitrogens with zero attached hydrogens (tertiary/aromatic N) is 1. The molecule has 0 spiro atoms. The van der Waals surface area contributed by atoms with Crippen molar-refractivity contribution in [2.45, 2.75) is 26.3 Å². The number of nitrogens with one attached hydrogen (secondary N) is 1. The first-order chi connectivity index (χ1) is 8.74. The van der Waals surface area contributed by atoms with Crippen LogP contribution in [0.15, 0.2) is 24.3 Å². The molecular weight excluding hydrogens is 220 g/mol. The molecule has 3 rings (SSSR count). The molecule has 2 saturated heterocycles. The summed E-state index contributed by atoms with van der Waals surface area (Å²) < 4.78 is 0. The number of fused-ring (bicyclic) bond motifs is 1. The molecule has 98 valence electrons. The summed E-state index contributed by atoms with van der Waals surface area (Å²) >= 11 is 0. The SMILES string of the molecule is Cc1cccc(C(C)N2CCC3CNCC3C2)c1. The van der Waals surface area contributed by atoms with E-state index in [1.54, 1.807) is 0 Å². The summed E-state index contributed by atoms with van der Waals surface area (Å²) in [5.41, 5.74) is 2.84. The van der Waals surface area contributed by atoms with Gasteiger partial charge in [0.15, 0.2) is 0 Å². The summed E-state index contributed by atoms with van der Waals surface area (Å²) in [4.78, 5) is 2.67. The van der Waals surface area contributed by atoms with E-state index >= 15 is 0 Å². The van der Waals surface area contributed by atoms with Crippen LogP contribution in [0, 0.1) is 18.8 Å². The first kappa shape index (κ1) is 12.2. The maximum absolute atomic E-state index is 3.55. The molecule has 0 bridgehead atoms. The van der Waals surface area contributed by atoms with Gasteiger partial charge in [0.1, 0.15) is 0 Å². The molecule has 0 radical (unpaired) electrons. The second-order valence-corrected chi connectivity index (χ2v) is 6.05. The Balaban J connectivity index is 1.71. The van der Waals surface area contributed by atoms with Gasteiger partial charge in [-0.05, 0) is 57.3 Å². The number of aryl methyl sites for hydroxylation is 1. The molecule has 2 fully saturated rings. The Morgan fingerprint density at radius 2 is 2.11 bits per heavy atom. The van der Waals surface area contributed by atoms with E-state index < -0.39 is 0 Å². The van der Waals surface area contributed by atoms with Gasteiger partial charge in [0.05, 0.1) is 0 Å². The van der Waals surface area contributed by atoms with Crippen LogP contribution in [0.5, 0.6) is 0 Å². The van der Waals surface area contributed by atoms with E-state index in [1.165, 1.54) is 43.7 Å². The zero-order valence-electron chi connectivity index (χ0n) is 11.5. The Hall–Kier alpha value is -0.860. The Labute approximate surface area is 110 Å². The molecule has 2 heteroatoms. The molecule has 1 aromatic rings. The summed E-state index contributed by atoms with van der Waals surface area (Å²) in [7, 11) is 0. The van der Waals surface area contributed by atoms with Crippen molar-refractivity contribution >= 4 is 0 Å². The fourth-order valence-corrected chi connectivity index (χ4v) is 3.56. The van der Waals surface area contributed by atoms with Crippen LogP contribution < -0.4 is 5.32 Å². The third-order valence-corrected chi connectivity index (χ3v) is 4.81. The number of hydrogen-bond acceptors (Lipinski definition) is 2. The quantitative estimate of drug-likeness (QED) is 0.860. The Kier molecular flexibility index (Phi) is 3.40. The summed E-state index contributed by atoms with van der Waals surface area (Å²) in [6, 6.07) is 9.54. The fraction of sp³-hybridized carbons (Fsp3) is 0.625. The summed E-state index contributed by atoms with van der Waals surface area (Å²) in [6.45, 7) is 9.55. The second-order valence-electron chi connectivity index (χ2n) is 6.05. The van der Waals surface area contributed by atoms with Crippen LogP contribution in [0.4, 0.5) is 0 Å². The molecule has 0 saturated carbocycles. The smallest absolute Gasteiger partial charge is 0.0320 e. The predicted molar refractivity (Wildman–Crippen MR) is 75.6 cm³/mol. The highest BCUT2D eigenvalue weighted by molar-refractivity contribution is 5.24. The molecule has 1 N–H and O–H groups in total. The lowest BCUT2D eigenvalue weighted by atomic mass is 9.87. The Bertz CT molecular complexity index is 415. The van der Waals surface area contributed by atoms with Gasteiger partial charge in [0, 0.05) is 12.6 Å². The maximum Gasteiger partial charge on any atom is 0.0320 e. The predicted octanol–water partition coefficient (Wildman–Crippen LogP) is 2.60. The normalized spacial score (nSPS) is 30.1. The second kappa shape index (κ2) is 5.02. The molecule has 2 aliphatic heterocycles. The van der Waals surface area contributed by atoms with Crippen molar-refractivity contribution in [1.29, 1.82) is 0 Å². The number of rotatable bonds is 2. The monoisotopic (exact) mass is 244 g/mol. The zero-order valence-corrected chi connectivity index (χ0v) is 11.5. The van der Waals surface area contributed by atoms with Crippen molar-refractivity contribution in [3.8, 4) is 0 Å². The molecule has 2 nitrogen and oxygen atoms in total. The maximum atomic E-state index is 3.55. The van der Waals surface area contributed by atoms with Crippen LogP contribution in [0.2, 0.25) is 0 Å². The van der Waals surface area contributed by atoms with Crippen LogP contribution in [0.1, 0.15) is 30.5 Å². The van der Waals surface area contributed by atoms with E-state index in [-0.39, 0.29) is 0 Å². The van der Waals surface area contributed by atoms with Gasteiger partial charge in [0.25, 0.3) is 0 Å². The number of benzene rings is 1. The van der Waals surface area contributed by atoms with Crippen molar-refractivity contribution in [2.75, 3.05) is 26.2 Å². The van der Waals surface area contributed by atoms with E-state index in [9.17, 15) is 0 Å². The molecule has 2 heterocycles. The molecule has 0 amide bonds. The number of hydrogen-bond donors (Lipinski definition) is 1. The Morgan fingerprint density at radius 1 is 1.28 bits per heavy atom. The highest BCUT2D eigenvalue weighted by Gasteiger charge is 2.34. The minimum atomic E-state index is 0.562. The van der Waals surface area contributed by atoms with Crippen molar-refractivity contribution < 1.29 is 0 Å². The lowest BCUT2D eigenvalue weighted by Gasteiger charge is -2.38. The van der Waals surface area contributed by atoms with Crippen LogP contribution in [0.3, 0.4) is 0 Å². The lowest BCUT2D eigenvalue weighted by molar-refractivity contribution is 0.111. The van der Waals surface area contributed by atoms with Crippen molar-refractivity contribution in [3.05, 3.63) is 35.4 Å². The summed E-state index contributed by atoms with van der Waals surface area (Å²) in [6.07, 6.45) is 1.37. The standard InChI is InChI=1S/C16H24N2/c1-12-4-3-5-14(8-12)13(2)18-7-6-15-9-17-10-16(15)11-18/h3-5,8,13,15-17H,6-7,9-11H2,1-2H3. The van der Waals surface area contributed by atoms with Crippen LogP contribution in [0.25, 0.3) is 0 Å². The number of likely N-dealkylation sites (tertiary alicyclic amines) is 1. The van der Waals surface area contributed by atoms with Gasteiger partial charge < -0.3 is 5.32 Å². The largest absolute Gasteiger partial charge is 0.316 e. The Morgan fingerprint density at radius 3 is 2.94 bits per heavy atom. The molecule has 3 unspecified atom stereocenters. The van der Waals surface area contributed by atoms with Crippen LogP contribution >= 0.6 is 0 Å². The molecule has 1 aromatic carbocycles. The van der Waals surface area contributed by atoms with Gasteiger partial charge in [-0.15, -0.1) is 0 Å². The van der Waals surface area contributed by atoms with Gasteiger partial charge in [0.2, 0.25) is 0 Å². The van der Waals surface area contributed by atoms with E-state index in [0.29, 0.717) is 6.04 Å². The van der Waals surface area contributed by atoms with Crippen LogP contribution in [-0.4, -0.2) is 31.1 Å². The average Bonchev–Trinajstić information content (AvgIpc) is 2.85. The first-order valence-electron chi connectivity index (χ1n) is 7.25. The number of piperidine rings is 1. The molecule has 0 aromatic heterocycles. The molecule has 2 aliphatic rings. The van der Waals surface area contributed by atoms with Crippen molar-refractivity contribution in [3.63, 3.8) is 0 Å². The van der Waals surface area contributed by atoms with E-state index in [1.807, 2.05) is 0 Å². The van der Waals surface area contributed by atoms with E-state index in [0.717, 1.165) is 11.8 Å². The van der Waals surface area contributed by atoms with E-state index in [4.69, 9.17) is 0 Å². The van der Waals surface area contributed by atoms with Gasteiger partial charge in [-0.25, -0.2) is 0 Å². The molecule has 0 aliphatic carbocycles. The lowest BCUT2D eigenvalue weighted by Crippen LogP contribution is -2.41. The molecule has 3 atom stereocenters. The minimum absolute atomic E-state index is 0.562. The highest BCUT2D eigenvalue weighted by Crippen LogP contribution is 2.31.